The number of hydrogen-bond acceptors (Lipinski definition) is 3. The molecule has 114 valence electrons. The summed E-state index contributed by atoms with van der Waals surface area (Å²) in [5.74, 6) is -0.0362. The summed E-state index contributed by atoms with van der Waals surface area (Å²) in [7, 11) is 0. The molecule has 1 fully saturated rings. The first kappa shape index (κ1) is 15.3. The number of likely N-dealkylation sites (tertiary alicyclic amines) is 1. The molecule has 2 rings (SSSR count). The van der Waals surface area contributed by atoms with Crippen LogP contribution >= 0.6 is 0 Å². The highest BCUT2D eigenvalue weighted by Crippen LogP contribution is 2.18. The Balaban J connectivity index is 2.02. The molecule has 1 aliphatic heterocycles. The zero-order valence-electron chi connectivity index (χ0n) is 12.6. The first-order valence-corrected chi connectivity index (χ1v) is 7.31. The van der Waals surface area contributed by atoms with Crippen LogP contribution < -0.4 is 5.73 Å². The van der Waals surface area contributed by atoms with Crippen LogP contribution in [-0.2, 0) is 0 Å². The topological polar surface area (TPSA) is 79.5 Å². The molecular formula is C15H22N4O2. The van der Waals surface area contributed by atoms with Gasteiger partial charge in [0.05, 0.1) is 11.6 Å². The zero-order chi connectivity index (χ0) is 15.4. The molecule has 0 aliphatic carbocycles. The number of aromatic nitrogens is 1. The fourth-order valence-corrected chi connectivity index (χ4v) is 2.67. The van der Waals surface area contributed by atoms with Gasteiger partial charge in [-0.25, -0.2) is 4.79 Å². The molecule has 0 saturated carbocycles. The normalized spacial score (nSPS) is 17.8. The van der Waals surface area contributed by atoms with Gasteiger partial charge in [0.2, 0.25) is 0 Å². The molecule has 6 heteroatoms. The molecule has 6 nitrogen and oxygen atoms in total. The Morgan fingerprint density at radius 3 is 2.81 bits per heavy atom. The number of hydrogen-bond donors (Lipinski definition) is 1. The molecule has 0 radical (unpaired) electrons. The molecule has 21 heavy (non-hydrogen) atoms. The first-order valence-electron chi connectivity index (χ1n) is 7.31. The summed E-state index contributed by atoms with van der Waals surface area (Å²) in [6, 6.07) is 3.22. The lowest BCUT2D eigenvalue weighted by Crippen LogP contribution is -2.45. The van der Waals surface area contributed by atoms with Crippen molar-refractivity contribution in [2.45, 2.75) is 32.7 Å². The molecule has 1 atom stereocenters. The predicted molar refractivity (Wildman–Crippen MR) is 79.9 cm³/mol. The Hall–Kier alpha value is -2.11. The van der Waals surface area contributed by atoms with E-state index >= 15 is 0 Å². The molecule has 0 bridgehead atoms. The molecular weight excluding hydrogens is 268 g/mol. The van der Waals surface area contributed by atoms with Crippen LogP contribution in [0.2, 0.25) is 0 Å². The van der Waals surface area contributed by atoms with E-state index in [2.05, 4.69) is 4.98 Å². The molecule has 3 amide bonds. The largest absolute Gasteiger partial charge is 0.351 e. The van der Waals surface area contributed by atoms with Crippen LogP contribution in [-0.4, -0.2) is 52.4 Å². The average molecular weight is 290 g/mol. The number of nitrogens with zero attached hydrogens (tertiary/aromatic N) is 3. The van der Waals surface area contributed by atoms with Crippen LogP contribution in [0.25, 0.3) is 0 Å². The van der Waals surface area contributed by atoms with E-state index in [9.17, 15) is 9.59 Å². The first-order chi connectivity index (χ1) is 10.0. The number of carbonyl (C=O) groups excluding carboxylic acids is 2. The Morgan fingerprint density at radius 2 is 2.24 bits per heavy atom. The maximum absolute atomic E-state index is 12.4. The van der Waals surface area contributed by atoms with Crippen molar-refractivity contribution in [3.63, 3.8) is 0 Å². The number of pyridine rings is 1. The third-order valence-electron chi connectivity index (χ3n) is 3.80. The summed E-state index contributed by atoms with van der Waals surface area (Å²) in [4.78, 5) is 31.5. The highest BCUT2D eigenvalue weighted by molar-refractivity contribution is 5.94. The van der Waals surface area contributed by atoms with Crippen molar-refractivity contribution in [3.8, 4) is 0 Å². The van der Waals surface area contributed by atoms with Gasteiger partial charge in [0.1, 0.15) is 0 Å². The number of rotatable bonds is 4. The van der Waals surface area contributed by atoms with Crippen LogP contribution in [0.4, 0.5) is 4.79 Å². The smallest absolute Gasteiger partial charge is 0.315 e. The van der Waals surface area contributed by atoms with Crippen LogP contribution in [0.1, 0.15) is 35.8 Å². The van der Waals surface area contributed by atoms with E-state index in [1.54, 1.807) is 22.1 Å². The monoisotopic (exact) mass is 290 g/mol. The number of urea groups is 1. The third-order valence-corrected chi connectivity index (χ3v) is 3.80. The number of nitrogens with two attached hydrogens (primary N) is 1. The van der Waals surface area contributed by atoms with Crippen LogP contribution in [0.15, 0.2) is 18.3 Å². The minimum atomic E-state index is -0.409. The summed E-state index contributed by atoms with van der Waals surface area (Å²) < 4.78 is 0. The van der Waals surface area contributed by atoms with Crippen molar-refractivity contribution < 1.29 is 9.59 Å². The van der Waals surface area contributed by atoms with E-state index in [1.165, 1.54) is 0 Å². The lowest BCUT2D eigenvalue weighted by Gasteiger charge is -2.27. The predicted octanol–water partition coefficient (Wildman–Crippen LogP) is 1.40. The van der Waals surface area contributed by atoms with E-state index in [-0.39, 0.29) is 11.9 Å². The Morgan fingerprint density at radius 1 is 1.48 bits per heavy atom. The van der Waals surface area contributed by atoms with Crippen molar-refractivity contribution in [1.82, 2.24) is 14.8 Å². The minimum absolute atomic E-state index is 0.0183. The second kappa shape index (κ2) is 6.56. The lowest BCUT2D eigenvalue weighted by atomic mass is 10.2. The zero-order valence-corrected chi connectivity index (χ0v) is 12.6. The molecule has 2 N–H and O–H groups in total. The Kier molecular flexibility index (Phi) is 4.77. The summed E-state index contributed by atoms with van der Waals surface area (Å²) >= 11 is 0. The van der Waals surface area contributed by atoms with Crippen molar-refractivity contribution in [3.05, 3.63) is 29.6 Å². The minimum Gasteiger partial charge on any atom is -0.351 e. The van der Waals surface area contributed by atoms with Gasteiger partial charge in [-0.3, -0.25) is 9.78 Å². The summed E-state index contributed by atoms with van der Waals surface area (Å²) in [5, 5.41) is 0. The van der Waals surface area contributed by atoms with Gasteiger partial charge in [-0.1, -0.05) is 6.92 Å². The fraction of sp³-hybridized carbons (Fsp3) is 0.533. The molecule has 2 heterocycles. The van der Waals surface area contributed by atoms with Crippen molar-refractivity contribution in [1.29, 1.82) is 0 Å². The van der Waals surface area contributed by atoms with Gasteiger partial charge in [0.15, 0.2) is 0 Å². The Labute approximate surface area is 124 Å². The standard InChI is InChI=1S/C15H22N4O2/c1-3-7-19(15(16)21)13-6-8-18(10-13)14(20)12-5-4-11(2)17-9-12/h4-5,9,13H,3,6-8,10H2,1-2H3,(H2,16,21). The molecule has 1 aromatic heterocycles. The van der Waals surface area contributed by atoms with Gasteiger partial charge >= 0.3 is 6.03 Å². The van der Waals surface area contributed by atoms with Crippen molar-refractivity contribution >= 4 is 11.9 Å². The SMILES string of the molecule is CCCN(C(N)=O)C1CCN(C(=O)c2ccc(C)nc2)C1. The number of carbonyl (C=O) groups is 2. The highest BCUT2D eigenvalue weighted by atomic mass is 16.2. The van der Waals surface area contributed by atoms with Gasteiger partial charge in [0.25, 0.3) is 5.91 Å². The molecule has 1 unspecified atom stereocenters. The van der Waals surface area contributed by atoms with Crippen LogP contribution in [0.3, 0.4) is 0 Å². The van der Waals surface area contributed by atoms with E-state index in [0.717, 1.165) is 18.5 Å². The molecule has 1 saturated heterocycles. The summed E-state index contributed by atoms with van der Waals surface area (Å²) in [5.41, 5.74) is 6.89. The third kappa shape index (κ3) is 3.51. The molecule has 0 aromatic carbocycles. The van der Waals surface area contributed by atoms with E-state index < -0.39 is 6.03 Å². The lowest BCUT2D eigenvalue weighted by molar-refractivity contribution is 0.0780. The van der Waals surface area contributed by atoms with E-state index in [0.29, 0.717) is 25.2 Å². The molecule has 1 aromatic rings. The second-order valence-electron chi connectivity index (χ2n) is 5.41. The van der Waals surface area contributed by atoms with Gasteiger partial charge in [-0.15, -0.1) is 0 Å². The number of aryl methyl sites for hydroxylation is 1. The maximum atomic E-state index is 12.4. The van der Waals surface area contributed by atoms with Crippen LogP contribution in [0, 0.1) is 6.92 Å². The summed E-state index contributed by atoms with van der Waals surface area (Å²) in [6.45, 7) is 5.70. The number of amides is 3. The van der Waals surface area contributed by atoms with Gasteiger partial charge < -0.3 is 15.5 Å². The fourth-order valence-electron chi connectivity index (χ4n) is 2.67. The highest BCUT2D eigenvalue weighted by Gasteiger charge is 2.32. The molecule has 1 aliphatic rings. The molecule has 0 spiro atoms. The van der Waals surface area contributed by atoms with Crippen LogP contribution in [0.5, 0.6) is 0 Å². The quantitative estimate of drug-likeness (QED) is 0.910. The summed E-state index contributed by atoms with van der Waals surface area (Å²) in [6.07, 6.45) is 3.23. The number of primary amides is 1. The maximum Gasteiger partial charge on any atom is 0.315 e. The van der Waals surface area contributed by atoms with Gasteiger partial charge in [-0.2, -0.15) is 0 Å². The Bertz CT molecular complexity index is 515. The van der Waals surface area contributed by atoms with Gasteiger partial charge in [0, 0.05) is 31.5 Å². The van der Waals surface area contributed by atoms with E-state index in [1.807, 2.05) is 19.9 Å². The van der Waals surface area contributed by atoms with Gasteiger partial charge in [-0.05, 0) is 31.9 Å². The second-order valence-corrected chi connectivity index (χ2v) is 5.41. The van der Waals surface area contributed by atoms with Crippen molar-refractivity contribution in [2.24, 2.45) is 5.73 Å². The average Bonchev–Trinajstić information content (AvgIpc) is 2.94. The van der Waals surface area contributed by atoms with E-state index in [4.69, 9.17) is 5.73 Å². The van der Waals surface area contributed by atoms with Crippen molar-refractivity contribution in [2.75, 3.05) is 19.6 Å².